The maximum Gasteiger partial charge on any atom is 0.0718 e. The Morgan fingerprint density at radius 2 is 1.86 bits per heavy atom. The van der Waals surface area contributed by atoms with Gasteiger partial charge in [0.2, 0.25) is 0 Å². The minimum Gasteiger partial charge on any atom is -0.253 e. The summed E-state index contributed by atoms with van der Waals surface area (Å²) in [5.74, 6) is 0. The Morgan fingerprint density at radius 1 is 1.14 bits per heavy atom. The van der Waals surface area contributed by atoms with E-state index in [0.29, 0.717) is 0 Å². The molecule has 0 aliphatic heterocycles. The van der Waals surface area contributed by atoms with E-state index in [4.69, 9.17) is 0 Å². The first-order valence-corrected chi connectivity index (χ1v) is 5.70. The van der Waals surface area contributed by atoms with Crippen molar-refractivity contribution >= 4 is 33.5 Å². The molecule has 0 spiro atoms. The van der Waals surface area contributed by atoms with Gasteiger partial charge in [0, 0.05) is 14.7 Å². The zero-order valence-electron chi connectivity index (χ0n) is 8.56. The topological polar surface area (TPSA) is 12.9 Å². The van der Waals surface area contributed by atoms with E-state index in [2.05, 4.69) is 59.6 Å². The van der Waals surface area contributed by atoms with E-state index >= 15 is 0 Å². The summed E-state index contributed by atoms with van der Waals surface area (Å²) in [7, 11) is 0. The highest BCUT2D eigenvalue weighted by molar-refractivity contribution is 14.1. The van der Waals surface area contributed by atoms with E-state index in [1.165, 1.54) is 20.1 Å². The molecule has 1 aromatic carbocycles. The fourth-order valence-electron chi connectivity index (χ4n) is 1.56. The lowest BCUT2D eigenvalue weighted by atomic mass is 10.1. The van der Waals surface area contributed by atoms with Gasteiger partial charge in [0.25, 0.3) is 0 Å². The van der Waals surface area contributed by atoms with Crippen molar-refractivity contribution < 1.29 is 0 Å². The van der Waals surface area contributed by atoms with Crippen LogP contribution in [-0.4, -0.2) is 4.98 Å². The number of rotatable bonds is 0. The predicted molar refractivity (Wildman–Crippen MR) is 68.7 cm³/mol. The molecule has 0 atom stereocenters. The monoisotopic (exact) mass is 297 g/mol. The van der Waals surface area contributed by atoms with Gasteiger partial charge in [-0.05, 0) is 72.7 Å². The van der Waals surface area contributed by atoms with Crippen LogP contribution >= 0.6 is 22.6 Å². The number of aryl methyl sites for hydroxylation is 2. The SMILES string of the molecule is Cc1ccc2c(I)c(C)c(C)cc2n1. The smallest absolute Gasteiger partial charge is 0.0718 e. The second-order valence-electron chi connectivity index (χ2n) is 3.65. The molecular formula is C12H12IN. The molecule has 0 bridgehead atoms. The van der Waals surface area contributed by atoms with Gasteiger partial charge in [-0.15, -0.1) is 0 Å². The molecule has 0 N–H and O–H groups in total. The molecular weight excluding hydrogens is 285 g/mol. The molecule has 0 aliphatic rings. The minimum atomic E-state index is 1.08. The predicted octanol–water partition coefficient (Wildman–Crippen LogP) is 3.76. The summed E-state index contributed by atoms with van der Waals surface area (Å²) in [4.78, 5) is 4.53. The zero-order valence-corrected chi connectivity index (χ0v) is 10.7. The Labute approximate surface area is 97.7 Å². The quantitative estimate of drug-likeness (QED) is 0.675. The van der Waals surface area contributed by atoms with Gasteiger partial charge in [0.05, 0.1) is 5.52 Å². The first kappa shape index (κ1) is 9.90. The number of halogens is 1. The van der Waals surface area contributed by atoms with Crippen LogP contribution < -0.4 is 0 Å². The van der Waals surface area contributed by atoms with Crippen LogP contribution in [0.3, 0.4) is 0 Å². The third-order valence-electron chi connectivity index (χ3n) is 2.57. The van der Waals surface area contributed by atoms with Crippen molar-refractivity contribution in [3.63, 3.8) is 0 Å². The summed E-state index contributed by atoms with van der Waals surface area (Å²) in [5.41, 5.74) is 4.87. The van der Waals surface area contributed by atoms with Crippen molar-refractivity contribution in [2.24, 2.45) is 0 Å². The van der Waals surface area contributed by atoms with Crippen LogP contribution in [0.1, 0.15) is 16.8 Å². The number of aromatic nitrogens is 1. The molecule has 0 radical (unpaired) electrons. The number of pyridine rings is 1. The van der Waals surface area contributed by atoms with E-state index in [1.807, 2.05) is 6.92 Å². The van der Waals surface area contributed by atoms with E-state index in [-0.39, 0.29) is 0 Å². The third kappa shape index (κ3) is 1.52. The minimum absolute atomic E-state index is 1.08. The summed E-state index contributed by atoms with van der Waals surface area (Å²) in [6.07, 6.45) is 0. The number of nitrogens with zero attached hydrogens (tertiary/aromatic N) is 1. The highest BCUT2D eigenvalue weighted by atomic mass is 127. The maximum atomic E-state index is 4.53. The van der Waals surface area contributed by atoms with E-state index in [1.54, 1.807) is 0 Å². The maximum absolute atomic E-state index is 4.53. The summed E-state index contributed by atoms with van der Waals surface area (Å²) in [5, 5.41) is 1.26. The van der Waals surface area contributed by atoms with Crippen LogP contribution in [-0.2, 0) is 0 Å². The van der Waals surface area contributed by atoms with Crippen molar-refractivity contribution in [1.82, 2.24) is 4.98 Å². The lowest BCUT2D eigenvalue weighted by molar-refractivity contribution is 1.24. The standard InChI is InChI=1S/C12H12IN/c1-7-6-11-10(12(13)9(7)3)5-4-8(2)14-11/h4-6H,1-3H3. The summed E-state index contributed by atoms with van der Waals surface area (Å²) >= 11 is 2.40. The van der Waals surface area contributed by atoms with Crippen LogP contribution in [0.25, 0.3) is 10.9 Å². The molecule has 0 aliphatic carbocycles. The number of fused-ring (bicyclic) bond motifs is 1. The first-order chi connectivity index (χ1) is 6.59. The molecule has 0 fully saturated rings. The van der Waals surface area contributed by atoms with Crippen molar-refractivity contribution in [1.29, 1.82) is 0 Å². The largest absolute Gasteiger partial charge is 0.253 e. The van der Waals surface area contributed by atoms with Gasteiger partial charge in [-0.1, -0.05) is 0 Å². The van der Waals surface area contributed by atoms with Gasteiger partial charge in [-0.3, -0.25) is 4.98 Å². The average Bonchev–Trinajstić information content (AvgIpc) is 2.14. The Kier molecular flexibility index (Phi) is 2.47. The van der Waals surface area contributed by atoms with Gasteiger partial charge in [0.15, 0.2) is 0 Å². The van der Waals surface area contributed by atoms with Gasteiger partial charge < -0.3 is 0 Å². The zero-order chi connectivity index (χ0) is 10.3. The summed E-state index contributed by atoms with van der Waals surface area (Å²) < 4.78 is 1.32. The van der Waals surface area contributed by atoms with Gasteiger partial charge in [-0.2, -0.15) is 0 Å². The Hall–Kier alpha value is -0.640. The number of hydrogen-bond acceptors (Lipinski definition) is 1. The Bertz CT molecular complexity index is 503. The van der Waals surface area contributed by atoms with Crippen molar-refractivity contribution in [3.05, 3.63) is 38.6 Å². The highest BCUT2D eigenvalue weighted by Crippen LogP contribution is 2.25. The molecule has 2 aromatic rings. The molecule has 0 unspecified atom stereocenters. The molecule has 1 nitrogen and oxygen atoms in total. The molecule has 0 saturated carbocycles. The van der Waals surface area contributed by atoms with Crippen LogP contribution in [0.5, 0.6) is 0 Å². The molecule has 2 heteroatoms. The number of hydrogen-bond donors (Lipinski definition) is 0. The second kappa shape index (κ2) is 3.50. The summed E-state index contributed by atoms with van der Waals surface area (Å²) in [6.45, 7) is 6.33. The lowest BCUT2D eigenvalue weighted by Crippen LogP contribution is -1.91. The fourth-order valence-corrected chi connectivity index (χ4v) is 2.44. The molecule has 1 aromatic heterocycles. The second-order valence-corrected chi connectivity index (χ2v) is 4.73. The Balaban J connectivity index is 2.91. The van der Waals surface area contributed by atoms with Gasteiger partial charge >= 0.3 is 0 Å². The fraction of sp³-hybridized carbons (Fsp3) is 0.250. The van der Waals surface area contributed by atoms with Crippen molar-refractivity contribution in [3.8, 4) is 0 Å². The van der Waals surface area contributed by atoms with E-state index in [9.17, 15) is 0 Å². The number of benzene rings is 1. The molecule has 14 heavy (non-hydrogen) atoms. The average molecular weight is 297 g/mol. The summed E-state index contributed by atoms with van der Waals surface area (Å²) in [6, 6.07) is 6.39. The molecule has 72 valence electrons. The molecule has 0 saturated heterocycles. The van der Waals surface area contributed by atoms with Crippen molar-refractivity contribution in [2.45, 2.75) is 20.8 Å². The Morgan fingerprint density at radius 3 is 2.57 bits per heavy atom. The van der Waals surface area contributed by atoms with Crippen molar-refractivity contribution in [2.75, 3.05) is 0 Å². The van der Waals surface area contributed by atoms with E-state index < -0.39 is 0 Å². The molecule has 1 heterocycles. The van der Waals surface area contributed by atoms with Crippen LogP contribution in [0.4, 0.5) is 0 Å². The third-order valence-corrected chi connectivity index (χ3v) is 3.96. The van der Waals surface area contributed by atoms with Crippen LogP contribution in [0, 0.1) is 24.3 Å². The first-order valence-electron chi connectivity index (χ1n) is 4.62. The van der Waals surface area contributed by atoms with Gasteiger partial charge in [-0.25, -0.2) is 0 Å². The molecule has 2 rings (SSSR count). The van der Waals surface area contributed by atoms with Crippen LogP contribution in [0.15, 0.2) is 18.2 Å². The normalized spacial score (nSPS) is 10.9. The molecule has 0 amide bonds. The van der Waals surface area contributed by atoms with E-state index in [0.717, 1.165) is 11.2 Å². The van der Waals surface area contributed by atoms with Gasteiger partial charge in [0.1, 0.15) is 0 Å². The van der Waals surface area contributed by atoms with Crippen LogP contribution in [0.2, 0.25) is 0 Å². The lowest BCUT2D eigenvalue weighted by Gasteiger charge is -2.07. The highest BCUT2D eigenvalue weighted by Gasteiger charge is 2.05.